The second-order valence-electron chi connectivity index (χ2n) is 32.2. The van der Waals surface area contributed by atoms with Crippen molar-refractivity contribution in [3.63, 3.8) is 0 Å². The molecule has 0 amide bonds. The van der Waals surface area contributed by atoms with Gasteiger partial charge in [0.2, 0.25) is 0 Å². The molecule has 0 N–H and O–H groups in total. The first kappa shape index (κ1) is 86.9. The van der Waals surface area contributed by atoms with Crippen LogP contribution in [0.4, 0.5) is 0 Å². The molecular weight excluding hydrogens is 1700 g/mol. The molecule has 0 bridgehead atoms. The third-order valence-electron chi connectivity index (χ3n) is 23.7. The van der Waals surface area contributed by atoms with E-state index < -0.39 is 0 Å². The number of aromatic nitrogens is 3. The predicted molar refractivity (Wildman–Crippen MR) is 509 cm³/mol. The van der Waals surface area contributed by atoms with Crippen LogP contribution in [0.2, 0.25) is 0 Å². The van der Waals surface area contributed by atoms with Crippen LogP contribution < -0.4 is 0 Å². The van der Waals surface area contributed by atoms with E-state index in [2.05, 4.69) is 278 Å². The smallest absolute Gasteiger partial charge is 0.501 e. The first-order valence-corrected chi connectivity index (χ1v) is 44.5. The van der Waals surface area contributed by atoms with Crippen LogP contribution in [0, 0.1) is 18.2 Å². The van der Waals surface area contributed by atoms with Crippen LogP contribution in [0.3, 0.4) is 0 Å². The van der Waals surface area contributed by atoms with E-state index in [0.29, 0.717) is 38.1 Å². The first-order valence-electron chi connectivity index (χ1n) is 44.5. The normalized spacial score (nSPS) is 12.1. The molecule has 18 rings (SSSR count). The molecule has 0 saturated carbocycles. The van der Waals surface area contributed by atoms with E-state index >= 15 is 0 Å². The summed E-state index contributed by atoms with van der Waals surface area (Å²) < 4.78 is 37.2. The minimum Gasteiger partial charge on any atom is -0.501 e. The summed E-state index contributed by atoms with van der Waals surface area (Å²) in [6, 6.07) is 111. The average Bonchev–Trinajstić information content (AvgIpc) is 1.62. The molecule has 0 aliphatic rings. The first-order chi connectivity index (χ1) is 60.7. The Labute approximate surface area is 744 Å². The van der Waals surface area contributed by atoms with E-state index in [9.17, 15) is 0 Å². The molecule has 0 spiro atoms. The van der Waals surface area contributed by atoms with Crippen molar-refractivity contribution in [1.82, 2.24) is 15.0 Å². The quantitative estimate of drug-likeness (QED) is 0.0294. The van der Waals surface area contributed by atoms with Gasteiger partial charge in [0.25, 0.3) is 0 Å². The summed E-state index contributed by atoms with van der Waals surface area (Å²) >= 11 is 0. The number of pyridine rings is 3. The molecule has 0 radical (unpaired) electrons. The van der Waals surface area contributed by atoms with Crippen molar-refractivity contribution in [2.45, 2.75) is 176 Å². The summed E-state index contributed by atoms with van der Waals surface area (Å²) in [6.07, 6.45) is 24.9. The number of para-hydroxylation sites is 3. The Bertz CT molecular complexity index is 5830. The van der Waals surface area contributed by atoms with Crippen LogP contribution in [0.15, 0.2) is 323 Å². The van der Waals surface area contributed by atoms with Crippen molar-refractivity contribution >= 4 is 65.8 Å². The third-order valence-corrected chi connectivity index (χ3v) is 23.7. The van der Waals surface area contributed by atoms with Gasteiger partial charge in [-0.3, -0.25) is 0 Å². The summed E-state index contributed by atoms with van der Waals surface area (Å²) in [5.74, 6) is 0. The number of hydrogen-bond acceptors (Lipinski definition) is 9. The number of unbranched alkanes of at least 4 members (excludes halogenated alkanes) is 6. The minimum atomic E-state index is 0. The average molecular weight is 1810 g/mol. The fourth-order valence-electron chi connectivity index (χ4n) is 16.5. The van der Waals surface area contributed by atoms with E-state index in [1.165, 1.54) is 108 Å². The van der Waals surface area contributed by atoms with E-state index in [1.54, 1.807) is 0 Å². The molecule has 10 heteroatoms. The van der Waals surface area contributed by atoms with Crippen molar-refractivity contribution in [3.05, 3.63) is 345 Å². The zero-order valence-electron chi connectivity index (χ0n) is 72.0. The van der Waals surface area contributed by atoms with Gasteiger partial charge < -0.3 is 42.4 Å². The maximum absolute atomic E-state index is 6.21. The van der Waals surface area contributed by atoms with Gasteiger partial charge in [0.05, 0.1) is 54.9 Å². The van der Waals surface area contributed by atoms with Crippen molar-refractivity contribution in [3.8, 4) is 101 Å². The Hall–Kier alpha value is -12.0. The van der Waals surface area contributed by atoms with Crippen LogP contribution in [0.1, 0.15) is 155 Å². The van der Waals surface area contributed by atoms with Gasteiger partial charge in [-0.15, -0.1) is 54.6 Å². The molecule has 6 heterocycles. The zero-order chi connectivity index (χ0) is 84.1. The summed E-state index contributed by atoms with van der Waals surface area (Å²) in [7, 11) is 0. The van der Waals surface area contributed by atoms with Crippen LogP contribution in [0.25, 0.3) is 166 Å². The van der Waals surface area contributed by atoms with Crippen molar-refractivity contribution in [1.29, 1.82) is 0 Å². The molecule has 124 heavy (non-hydrogen) atoms. The Kier molecular flexibility index (Phi) is 30.1. The fraction of sp³-hybridized carbons (Fsp3) is 0.237. The van der Waals surface area contributed by atoms with Gasteiger partial charge in [-0.05, 0) is 175 Å². The number of rotatable bonds is 33. The summed E-state index contributed by atoms with van der Waals surface area (Å²) in [5.41, 5.74) is 27.7. The molecule has 6 aromatic heterocycles. The van der Waals surface area contributed by atoms with Crippen molar-refractivity contribution < 1.29 is 47.6 Å². The van der Waals surface area contributed by atoms with Crippen LogP contribution in [0.5, 0.6) is 0 Å². The molecule has 0 saturated heterocycles. The Morgan fingerprint density at radius 1 is 0.266 bits per heavy atom. The Balaban J connectivity index is 0.000000143. The zero-order valence-corrected chi connectivity index (χ0v) is 74.4. The minimum absolute atomic E-state index is 0. The number of nitrogens with zero attached hydrogens (tertiary/aromatic N) is 3. The number of fused-ring (bicyclic) bond motifs is 9. The molecular formula is C114H108IrN3O6. The maximum Gasteiger partial charge on any atom is 3.00 e. The standard InChI is InChI=1S/3C38H36NO2.Ir/c3*1-3-5-6-13-32(4-2)40-26-27-18-20-28(21-19-27)29-11-9-12-30(24-29)31-22-23-36(39-25-31)35-16-10-15-34-33-14-7-8-17-37(33)41-38(34)35;/h3*7-12,14-15,17-25,32H,3-6,13,26H2,1-2H3;/q3*-1;+3. The van der Waals surface area contributed by atoms with E-state index in [1.807, 2.05) is 91.4 Å². The summed E-state index contributed by atoms with van der Waals surface area (Å²) in [4.78, 5) is 14.5. The second kappa shape index (κ2) is 42.9. The molecule has 3 atom stereocenters. The second-order valence-corrected chi connectivity index (χ2v) is 32.2. The van der Waals surface area contributed by atoms with Gasteiger partial charge in [-0.25, -0.2) is 0 Å². The molecule has 12 aromatic carbocycles. The molecule has 0 aliphatic carbocycles. The van der Waals surface area contributed by atoms with Crippen LogP contribution in [-0.4, -0.2) is 33.3 Å². The van der Waals surface area contributed by atoms with Gasteiger partial charge in [-0.1, -0.05) is 351 Å². The van der Waals surface area contributed by atoms with Crippen LogP contribution >= 0.6 is 0 Å². The third kappa shape index (κ3) is 21.1. The number of hydrogen-bond donors (Lipinski definition) is 0. The van der Waals surface area contributed by atoms with E-state index in [0.717, 1.165) is 171 Å². The molecule has 624 valence electrons. The number of furan rings is 3. The van der Waals surface area contributed by atoms with E-state index in [4.69, 9.17) is 42.4 Å². The topological polar surface area (TPSA) is 106 Å². The monoisotopic (exact) mass is 1810 g/mol. The van der Waals surface area contributed by atoms with Crippen molar-refractivity contribution in [2.75, 3.05) is 0 Å². The maximum atomic E-state index is 6.21. The molecule has 0 fully saturated rings. The van der Waals surface area contributed by atoms with Gasteiger partial charge in [0, 0.05) is 34.7 Å². The summed E-state index contributed by atoms with van der Waals surface area (Å²) in [5, 5.41) is 6.59. The van der Waals surface area contributed by atoms with Gasteiger partial charge in [0.1, 0.15) is 16.7 Å². The number of ether oxygens (including phenoxy) is 3. The van der Waals surface area contributed by atoms with Gasteiger partial charge in [0.15, 0.2) is 0 Å². The Morgan fingerprint density at radius 3 is 0.790 bits per heavy atom. The molecule has 0 aliphatic heterocycles. The Morgan fingerprint density at radius 2 is 0.532 bits per heavy atom. The van der Waals surface area contributed by atoms with Gasteiger partial charge in [-0.2, -0.15) is 0 Å². The van der Waals surface area contributed by atoms with Crippen LogP contribution in [-0.2, 0) is 54.1 Å². The fourth-order valence-corrected chi connectivity index (χ4v) is 16.5. The SMILES string of the molecule is CCCCCC(CC)OCc1ccc(-c2cccc(-c3ccc(-c4[c-]ccc5c4oc4ccccc45)nc3)c2)cc1.CCCCCC(CC)OCc1ccc(-c2cccc(-c3ccc(-c4[c-]ccc5c4oc4ccccc45)nc3)c2)cc1.CCCCCC(CC)OCc1ccc(-c2cccc(-c3ccc(-c4[c-]ccc5c4oc4ccccc45)nc3)c2)cc1.[Ir+3]. The molecule has 18 aromatic rings. The van der Waals surface area contributed by atoms with E-state index in [-0.39, 0.29) is 20.1 Å². The largest absolute Gasteiger partial charge is 3.00 e. The molecule has 9 nitrogen and oxygen atoms in total. The van der Waals surface area contributed by atoms with Crippen molar-refractivity contribution in [2.24, 2.45) is 0 Å². The predicted octanol–water partition coefficient (Wildman–Crippen LogP) is 32.0. The molecule has 3 unspecified atom stereocenters. The number of benzene rings is 12. The summed E-state index contributed by atoms with van der Waals surface area (Å²) in [6.45, 7) is 15.4. The van der Waals surface area contributed by atoms with Gasteiger partial charge >= 0.3 is 20.1 Å².